The third-order valence-corrected chi connectivity index (χ3v) is 4.94. The van der Waals surface area contributed by atoms with Gasteiger partial charge in [0.2, 0.25) is 5.91 Å². The van der Waals surface area contributed by atoms with Crippen LogP contribution >= 0.6 is 0 Å². The van der Waals surface area contributed by atoms with E-state index in [0.29, 0.717) is 0 Å². The summed E-state index contributed by atoms with van der Waals surface area (Å²) in [5.74, 6) is 0.0983. The molecule has 4 rings (SSSR count). The van der Waals surface area contributed by atoms with Crippen LogP contribution in [0.15, 0.2) is 60.8 Å². The van der Waals surface area contributed by atoms with E-state index in [9.17, 15) is 4.79 Å². The van der Waals surface area contributed by atoms with Crippen molar-refractivity contribution < 1.29 is 4.79 Å². The fraction of sp³-hybridized carbons (Fsp3) is 0.273. The van der Waals surface area contributed by atoms with Gasteiger partial charge in [0.25, 0.3) is 0 Å². The lowest BCUT2D eigenvalue weighted by Crippen LogP contribution is -2.30. The largest absolute Gasteiger partial charge is 0.339 e. The van der Waals surface area contributed by atoms with E-state index in [0.717, 1.165) is 48.3 Å². The van der Waals surface area contributed by atoms with Gasteiger partial charge in [-0.05, 0) is 31.1 Å². The Kier molecular flexibility index (Phi) is 4.82. The minimum absolute atomic E-state index is 0.0983. The molecule has 0 aliphatic carbocycles. The van der Waals surface area contributed by atoms with Crippen molar-refractivity contribution in [3.63, 3.8) is 0 Å². The van der Waals surface area contributed by atoms with Gasteiger partial charge in [0, 0.05) is 36.5 Å². The number of fused-ring (bicyclic) bond motifs is 1. The monoisotopic (exact) mass is 345 g/mol. The van der Waals surface area contributed by atoms with Gasteiger partial charge < -0.3 is 4.90 Å². The molecule has 0 N–H and O–H groups in total. The van der Waals surface area contributed by atoms with Crippen LogP contribution in [0.1, 0.15) is 31.2 Å². The highest BCUT2D eigenvalue weighted by atomic mass is 16.2. The average Bonchev–Trinajstić information content (AvgIpc) is 2.85. The topological polar surface area (TPSA) is 37.6 Å². The van der Waals surface area contributed by atoms with Gasteiger partial charge in [-0.25, -0.2) is 4.52 Å². The lowest BCUT2D eigenvalue weighted by Gasteiger charge is -2.17. The van der Waals surface area contributed by atoms with Gasteiger partial charge in [-0.3, -0.25) is 4.79 Å². The molecule has 3 aromatic rings. The summed E-state index contributed by atoms with van der Waals surface area (Å²) >= 11 is 0. The molecule has 0 unspecified atom stereocenters. The van der Waals surface area contributed by atoms with Crippen molar-refractivity contribution >= 4 is 17.5 Å². The highest BCUT2D eigenvalue weighted by molar-refractivity contribution is 5.95. The van der Waals surface area contributed by atoms with Crippen molar-refractivity contribution in [1.82, 2.24) is 14.5 Å². The highest BCUT2D eigenvalue weighted by Gasteiger charge is 2.15. The normalized spacial score (nSPS) is 15.5. The molecule has 3 heterocycles. The summed E-state index contributed by atoms with van der Waals surface area (Å²) in [5, 5.41) is 4.73. The number of nitrogens with zero attached hydrogens (tertiary/aromatic N) is 3. The minimum Gasteiger partial charge on any atom is -0.339 e. The number of benzene rings is 1. The zero-order chi connectivity index (χ0) is 17.8. The Balaban J connectivity index is 1.69. The summed E-state index contributed by atoms with van der Waals surface area (Å²) in [4.78, 5) is 14.6. The van der Waals surface area contributed by atoms with Gasteiger partial charge in [0.05, 0.1) is 5.52 Å². The summed E-state index contributed by atoms with van der Waals surface area (Å²) in [7, 11) is 0. The average molecular weight is 345 g/mol. The number of rotatable bonds is 3. The number of amides is 1. The van der Waals surface area contributed by atoms with Crippen LogP contribution in [0.2, 0.25) is 0 Å². The van der Waals surface area contributed by atoms with Gasteiger partial charge in [-0.2, -0.15) is 5.10 Å². The van der Waals surface area contributed by atoms with Crippen LogP contribution in [0.5, 0.6) is 0 Å². The smallest absolute Gasteiger partial charge is 0.246 e. The first-order valence-corrected chi connectivity index (χ1v) is 9.33. The molecule has 0 spiro atoms. The first-order valence-electron chi connectivity index (χ1n) is 9.33. The SMILES string of the molecule is O=C(/C=C/c1c(-c2ccccc2)nn2ccccc12)N1CCCCCC1. The predicted molar refractivity (Wildman–Crippen MR) is 105 cm³/mol. The van der Waals surface area contributed by atoms with Crippen molar-refractivity contribution in [1.29, 1.82) is 0 Å². The second kappa shape index (κ2) is 7.56. The number of aromatic nitrogens is 2. The molecule has 1 aromatic carbocycles. The first kappa shape index (κ1) is 16.6. The number of carbonyl (C=O) groups excluding carboxylic acids is 1. The minimum atomic E-state index is 0.0983. The van der Waals surface area contributed by atoms with Crippen molar-refractivity contribution in [2.45, 2.75) is 25.7 Å². The van der Waals surface area contributed by atoms with Crippen LogP contribution in [0.4, 0.5) is 0 Å². The van der Waals surface area contributed by atoms with Crippen LogP contribution in [0, 0.1) is 0 Å². The number of likely N-dealkylation sites (tertiary alicyclic amines) is 1. The molecular weight excluding hydrogens is 322 g/mol. The Morgan fingerprint density at radius 1 is 0.923 bits per heavy atom. The fourth-order valence-corrected chi connectivity index (χ4v) is 3.54. The van der Waals surface area contributed by atoms with Crippen molar-refractivity contribution in [3.05, 3.63) is 66.4 Å². The molecule has 2 aromatic heterocycles. The molecule has 26 heavy (non-hydrogen) atoms. The maximum atomic E-state index is 12.6. The van der Waals surface area contributed by atoms with E-state index in [1.807, 2.05) is 58.1 Å². The molecule has 4 heteroatoms. The third kappa shape index (κ3) is 3.40. The number of hydrogen-bond acceptors (Lipinski definition) is 2. The van der Waals surface area contributed by atoms with E-state index < -0.39 is 0 Å². The Bertz CT molecular complexity index is 919. The summed E-state index contributed by atoms with van der Waals surface area (Å²) < 4.78 is 1.87. The van der Waals surface area contributed by atoms with Gasteiger partial charge in [-0.1, -0.05) is 49.2 Å². The number of hydrogen-bond donors (Lipinski definition) is 0. The molecule has 0 atom stereocenters. The molecular formula is C22H23N3O. The van der Waals surface area contributed by atoms with E-state index in [1.54, 1.807) is 6.08 Å². The molecule has 1 aliphatic rings. The van der Waals surface area contributed by atoms with E-state index in [4.69, 9.17) is 5.10 Å². The summed E-state index contributed by atoms with van der Waals surface area (Å²) in [6.45, 7) is 1.73. The predicted octanol–water partition coefficient (Wildman–Crippen LogP) is 4.42. The highest BCUT2D eigenvalue weighted by Crippen LogP contribution is 2.27. The molecule has 0 saturated carbocycles. The van der Waals surface area contributed by atoms with Gasteiger partial charge in [0.1, 0.15) is 5.69 Å². The molecule has 0 radical (unpaired) electrons. The lowest BCUT2D eigenvalue weighted by atomic mass is 10.1. The number of pyridine rings is 1. The maximum absolute atomic E-state index is 12.6. The molecule has 4 nitrogen and oxygen atoms in total. The summed E-state index contributed by atoms with van der Waals surface area (Å²) in [5.41, 5.74) is 3.95. The first-order chi connectivity index (χ1) is 12.8. The molecule has 1 fully saturated rings. The zero-order valence-electron chi connectivity index (χ0n) is 14.8. The van der Waals surface area contributed by atoms with E-state index >= 15 is 0 Å². The Hall–Kier alpha value is -2.88. The second-order valence-corrected chi connectivity index (χ2v) is 6.73. The van der Waals surface area contributed by atoms with Crippen molar-refractivity contribution in [2.24, 2.45) is 0 Å². The van der Waals surface area contributed by atoms with Crippen molar-refractivity contribution in [2.75, 3.05) is 13.1 Å². The van der Waals surface area contributed by atoms with Gasteiger partial charge in [-0.15, -0.1) is 0 Å². The maximum Gasteiger partial charge on any atom is 0.246 e. The van der Waals surface area contributed by atoms with Gasteiger partial charge in [0.15, 0.2) is 0 Å². The Morgan fingerprint density at radius 3 is 2.42 bits per heavy atom. The third-order valence-electron chi connectivity index (χ3n) is 4.94. The quantitative estimate of drug-likeness (QED) is 0.659. The zero-order valence-corrected chi connectivity index (χ0v) is 14.8. The summed E-state index contributed by atoms with van der Waals surface area (Å²) in [6, 6.07) is 16.1. The Labute approximate surface area is 153 Å². The molecule has 1 amide bonds. The molecule has 1 saturated heterocycles. The standard InChI is InChI=1S/C22H23N3O/c26-21(24-15-7-1-2-8-16-24)14-13-19-20-12-6-9-17-25(20)23-22(19)18-10-4-3-5-11-18/h3-6,9-14,17H,1-2,7-8,15-16H2/b14-13+. The molecule has 0 bridgehead atoms. The number of carbonyl (C=O) groups is 1. The van der Waals surface area contributed by atoms with E-state index in [-0.39, 0.29) is 5.91 Å². The Morgan fingerprint density at radius 2 is 1.65 bits per heavy atom. The van der Waals surface area contributed by atoms with Crippen LogP contribution in [0.25, 0.3) is 22.9 Å². The lowest BCUT2D eigenvalue weighted by molar-refractivity contribution is -0.125. The van der Waals surface area contributed by atoms with E-state index in [1.165, 1.54) is 12.8 Å². The second-order valence-electron chi connectivity index (χ2n) is 6.73. The molecule has 1 aliphatic heterocycles. The van der Waals surface area contributed by atoms with Crippen LogP contribution < -0.4 is 0 Å². The van der Waals surface area contributed by atoms with Crippen LogP contribution in [-0.4, -0.2) is 33.5 Å². The van der Waals surface area contributed by atoms with Crippen molar-refractivity contribution in [3.8, 4) is 11.3 Å². The van der Waals surface area contributed by atoms with Crippen LogP contribution in [0.3, 0.4) is 0 Å². The van der Waals surface area contributed by atoms with Crippen LogP contribution in [-0.2, 0) is 4.79 Å². The molecule has 132 valence electrons. The fourth-order valence-electron chi connectivity index (χ4n) is 3.54. The van der Waals surface area contributed by atoms with E-state index in [2.05, 4.69) is 12.1 Å². The van der Waals surface area contributed by atoms with Gasteiger partial charge >= 0.3 is 0 Å². The summed E-state index contributed by atoms with van der Waals surface area (Å²) in [6.07, 6.45) is 10.2.